The van der Waals surface area contributed by atoms with E-state index >= 15 is 0 Å². The molecule has 0 spiro atoms. The Morgan fingerprint density at radius 1 is 1.43 bits per heavy atom. The van der Waals surface area contributed by atoms with Gasteiger partial charge >= 0.3 is 0 Å². The Bertz CT molecular complexity index is 675. The highest BCUT2D eigenvalue weighted by Crippen LogP contribution is 2.22. The van der Waals surface area contributed by atoms with E-state index in [1.54, 1.807) is 12.2 Å². The van der Waals surface area contributed by atoms with Crippen molar-refractivity contribution in [2.75, 3.05) is 20.2 Å². The van der Waals surface area contributed by atoms with Crippen molar-refractivity contribution in [3.8, 4) is 0 Å². The molecule has 0 bridgehead atoms. The smallest absolute Gasteiger partial charge is 0.267 e. The Morgan fingerprint density at radius 3 is 2.70 bits per heavy atom. The van der Waals surface area contributed by atoms with E-state index in [-0.39, 0.29) is 17.4 Å². The number of carbonyl (C=O) groups excluding carboxylic acids is 1. The molecule has 1 amide bonds. The summed E-state index contributed by atoms with van der Waals surface area (Å²) in [5.74, 6) is -1.54. The standard InChI is InChI=1S/C14H18ClFN2O4S/c1-22-18-6-4-10(5-7-18)8-14(19)17-23(20,21)13-9-11(15)2-3-12(13)16/h2-3,9-10H,4-8H2,1H3,(H,17,19). The van der Waals surface area contributed by atoms with Gasteiger partial charge in [0, 0.05) is 24.5 Å². The predicted molar refractivity (Wildman–Crippen MR) is 82.7 cm³/mol. The van der Waals surface area contributed by atoms with Crippen molar-refractivity contribution < 1.29 is 22.4 Å². The number of rotatable bonds is 5. The van der Waals surface area contributed by atoms with Gasteiger partial charge in [-0.05, 0) is 37.0 Å². The van der Waals surface area contributed by atoms with Crippen LogP contribution in [-0.2, 0) is 19.7 Å². The van der Waals surface area contributed by atoms with Gasteiger partial charge in [0.2, 0.25) is 5.91 Å². The van der Waals surface area contributed by atoms with E-state index in [9.17, 15) is 17.6 Å². The maximum atomic E-state index is 13.6. The molecule has 2 rings (SSSR count). The van der Waals surface area contributed by atoms with Crippen LogP contribution >= 0.6 is 11.6 Å². The normalized spacial score (nSPS) is 17.2. The zero-order chi connectivity index (χ0) is 17.0. The summed E-state index contributed by atoms with van der Waals surface area (Å²) in [5, 5.41) is 1.86. The highest BCUT2D eigenvalue weighted by Gasteiger charge is 2.26. The maximum Gasteiger partial charge on any atom is 0.267 e. The first kappa shape index (κ1) is 18.1. The quantitative estimate of drug-likeness (QED) is 0.864. The van der Waals surface area contributed by atoms with Gasteiger partial charge in [0.15, 0.2) is 0 Å². The van der Waals surface area contributed by atoms with Crippen LogP contribution in [0.1, 0.15) is 19.3 Å². The van der Waals surface area contributed by atoms with Crippen LogP contribution in [-0.4, -0.2) is 39.6 Å². The van der Waals surface area contributed by atoms with E-state index < -0.39 is 26.6 Å². The van der Waals surface area contributed by atoms with Gasteiger partial charge in [0.05, 0.1) is 7.11 Å². The Labute approximate surface area is 139 Å². The van der Waals surface area contributed by atoms with Gasteiger partial charge < -0.3 is 4.84 Å². The van der Waals surface area contributed by atoms with Gasteiger partial charge in [0.1, 0.15) is 10.7 Å². The van der Waals surface area contributed by atoms with Gasteiger partial charge in [-0.3, -0.25) is 4.79 Å². The van der Waals surface area contributed by atoms with E-state index in [0.29, 0.717) is 13.1 Å². The Hall–Kier alpha value is -1.22. The van der Waals surface area contributed by atoms with Crippen molar-refractivity contribution in [1.82, 2.24) is 9.79 Å². The summed E-state index contributed by atoms with van der Waals surface area (Å²) < 4.78 is 39.7. The van der Waals surface area contributed by atoms with Crippen molar-refractivity contribution in [3.05, 3.63) is 29.0 Å². The molecule has 0 atom stereocenters. The molecule has 1 saturated heterocycles. The lowest BCUT2D eigenvalue weighted by molar-refractivity contribution is -0.149. The topological polar surface area (TPSA) is 75.7 Å². The highest BCUT2D eigenvalue weighted by atomic mass is 35.5. The fraction of sp³-hybridized carbons (Fsp3) is 0.500. The molecule has 9 heteroatoms. The Kier molecular flexibility index (Phi) is 5.96. The summed E-state index contributed by atoms with van der Waals surface area (Å²) in [6, 6.07) is 3.16. The molecular weight excluding hydrogens is 347 g/mol. The molecule has 1 aromatic carbocycles. The van der Waals surface area contributed by atoms with Crippen molar-refractivity contribution in [2.45, 2.75) is 24.2 Å². The molecule has 1 heterocycles. The molecule has 1 N–H and O–H groups in total. The van der Waals surface area contributed by atoms with Gasteiger partial charge in [-0.2, -0.15) is 5.06 Å². The Morgan fingerprint density at radius 2 is 2.09 bits per heavy atom. The number of nitrogens with one attached hydrogen (secondary N) is 1. The third-order valence-electron chi connectivity index (χ3n) is 3.74. The first-order valence-corrected chi connectivity index (χ1v) is 8.97. The molecule has 1 aromatic rings. The van der Waals surface area contributed by atoms with Crippen LogP contribution < -0.4 is 4.72 Å². The maximum absolute atomic E-state index is 13.6. The van der Waals surface area contributed by atoms with E-state index in [4.69, 9.17) is 16.4 Å². The second-order valence-corrected chi connectivity index (χ2v) is 7.45. The second-order valence-electron chi connectivity index (χ2n) is 5.36. The molecule has 1 fully saturated rings. The summed E-state index contributed by atoms with van der Waals surface area (Å²) >= 11 is 5.68. The number of nitrogens with zero attached hydrogens (tertiary/aromatic N) is 1. The van der Waals surface area contributed by atoms with Gasteiger partial charge in [-0.1, -0.05) is 11.6 Å². The minimum absolute atomic E-state index is 0.0684. The number of hydroxylamine groups is 2. The van der Waals surface area contributed by atoms with Crippen LogP contribution in [0.4, 0.5) is 4.39 Å². The summed E-state index contributed by atoms with van der Waals surface area (Å²) in [6.45, 7) is 1.37. The molecule has 0 unspecified atom stereocenters. The number of amides is 1. The lowest BCUT2D eigenvalue weighted by Gasteiger charge is -2.29. The molecule has 128 valence electrons. The lowest BCUT2D eigenvalue weighted by Crippen LogP contribution is -2.37. The third-order valence-corrected chi connectivity index (χ3v) is 5.36. The summed E-state index contributed by atoms with van der Waals surface area (Å²) in [6.07, 6.45) is 1.53. The molecule has 0 radical (unpaired) electrons. The summed E-state index contributed by atoms with van der Waals surface area (Å²) in [5.41, 5.74) is 0. The van der Waals surface area contributed by atoms with E-state index in [1.807, 2.05) is 4.72 Å². The number of hydrogen-bond acceptors (Lipinski definition) is 5. The summed E-state index contributed by atoms with van der Waals surface area (Å²) in [4.78, 5) is 16.4. The predicted octanol–water partition coefficient (Wildman–Crippen LogP) is 1.95. The minimum Gasteiger partial charge on any atom is -0.302 e. The number of sulfonamides is 1. The largest absolute Gasteiger partial charge is 0.302 e. The van der Waals surface area contributed by atoms with Crippen LogP contribution in [0.3, 0.4) is 0 Å². The molecular formula is C14H18ClFN2O4S. The number of carbonyl (C=O) groups is 1. The number of piperidine rings is 1. The van der Waals surface area contributed by atoms with Crippen molar-refractivity contribution in [1.29, 1.82) is 0 Å². The van der Waals surface area contributed by atoms with Crippen LogP contribution in [0.2, 0.25) is 5.02 Å². The number of halogens is 2. The average Bonchev–Trinajstić information content (AvgIpc) is 2.49. The molecule has 0 saturated carbocycles. The highest BCUT2D eigenvalue weighted by molar-refractivity contribution is 7.90. The van der Waals surface area contributed by atoms with E-state index in [1.165, 1.54) is 6.07 Å². The molecule has 23 heavy (non-hydrogen) atoms. The van der Waals surface area contributed by atoms with Crippen LogP contribution in [0.15, 0.2) is 23.1 Å². The fourth-order valence-corrected chi connectivity index (χ4v) is 3.82. The van der Waals surface area contributed by atoms with Crippen LogP contribution in [0.5, 0.6) is 0 Å². The molecule has 6 nitrogen and oxygen atoms in total. The second kappa shape index (κ2) is 7.57. The van der Waals surface area contributed by atoms with Crippen molar-refractivity contribution >= 4 is 27.5 Å². The van der Waals surface area contributed by atoms with Crippen LogP contribution in [0.25, 0.3) is 0 Å². The lowest BCUT2D eigenvalue weighted by atomic mass is 9.94. The molecule has 1 aliphatic rings. The van der Waals surface area contributed by atoms with Gasteiger partial charge in [-0.25, -0.2) is 17.5 Å². The molecule has 0 aromatic heterocycles. The van der Waals surface area contributed by atoms with Gasteiger partial charge in [0.25, 0.3) is 10.0 Å². The third kappa shape index (κ3) is 4.87. The Balaban J connectivity index is 1.98. The van der Waals surface area contributed by atoms with Gasteiger partial charge in [-0.15, -0.1) is 0 Å². The van der Waals surface area contributed by atoms with Crippen molar-refractivity contribution in [3.63, 3.8) is 0 Å². The van der Waals surface area contributed by atoms with Crippen LogP contribution in [0, 0.1) is 11.7 Å². The van der Waals surface area contributed by atoms with Crippen molar-refractivity contribution in [2.24, 2.45) is 5.92 Å². The zero-order valence-electron chi connectivity index (χ0n) is 12.6. The molecule has 0 aliphatic carbocycles. The van der Waals surface area contributed by atoms with E-state index in [2.05, 4.69) is 0 Å². The fourth-order valence-electron chi connectivity index (χ4n) is 2.49. The van der Waals surface area contributed by atoms with E-state index in [0.717, 1.165) is 25.0 Å². The SMILES string of the molecule is CON1CCC(CC(=O)NS(=O)(=O)c2cc(Cl)ccc2F)CC1. The average molecular weight is 365 g/mol. The minimum atomic E-state index is -4.27. The zero-order valence-corrected chi connectivity index (χ0v) is 14.2. The first-order valence-electron chi connectivity index (χ1n) is 7.11. The summed E-state index contributed by atoms with van der Waals surface area (Å²) in [7, 11) is -2.69. The number of benzene rings is 1. The number of hydrogen-bond donors (Lipinski definition) is 1. The first-order chi connectivity index (χ1) is 10.8. The molecule has 1 aliphatic heterocycles. The monoisotopic (exact) mass is 364 g/mol.